The summed E-state index contributed by atoms with van der Waals surface area (Å²) in [5.74, 6) is 1.21. The second-order valence-corrected chi connectivity index (χ2v) is 5.24. The molecule has 4 heteroatoms. The maximum Gasteiger partial charge on any atom is 0.343 e. The van der Waals surface area contributed by atoms with Crippen LogP contribution >= 0.6 is 0 Å². The third kappa shape index (κ3) is 3.17. The van der Waals surface area contributed by atoms with Gasteiger partial charge in [-0.1, -0.05) is 24.3 Å². The Balaban J connectivity index is 1.78. The molecule has 4 nitrogen and oxygen atoms in total. The highest BCUT2D eigenvalue weighted by Gasteiger charge is 2.13. The Hall–Kier alpha value is -2.62. The summed E-state index contributed by atoms with van der Waals surface area (Å²) < 4.78 is 5.52. The van der Waals surface area contributed by atoms with Crippen LogP contribution in [0.25, 0.3) is 0 Å². The summed E-state index contributed by atoms with van der Waals surface area (Å²) in [7, 11) is 0. The van der Waals surface area contributed by atoms with Gasteiger partial charge in [0.05, 0.1) is 5.56 Å². The van der Waals surface area contributed by atoms with Crippen LogP contribution in [0, 0.1) is 6.92 Å². The van der Waals surface area contributed by atoms with Crippen LogP contribution < -0.4 is 10.1 Å². The zero-order valence-electron chi connectivity index (χ0n) is 12.5. The number of hydrogen-bond donors (Lipinski definition) is 1. The van der Waals surface area contributed by atoms with Crippen molar-refractivity contribution < 1.29 is 9.53 Å². The van der Waals surface area contributed by atoms with Crippen LogP contribution in [0.2, 0.25) is 0 Å². The van der Waals surface area contributed by atoms with Crippen molar-refractivity contribution in [2.24, 2.45) is 4.99 Å². The van der Waals surface area contributed by atoms with Gasteiger partial charge in [-0.05, 0) is 37.6 Å². The summed E-state index contributed by atoms with van der Waals surface area (Å²) in [6.45, 7) is 2.81. The Morgan fingerprint density at radius 1 is 1.14 bits per heavy atom. The zero-order valence-corrected chi connectivity index (χ0v) is 12.5. The Morgan fingerprint density at radius 3 is 2.68 bits per heavy atom. The Bertz CT molecular complexity index is 708. The molecule has 1 aliphatic heterocycles. The minimum atomic E-state index is -0.348. The summed E-state index contributed by atoms with van der Waals surface area (Å²) in [6.07, 6.45) is 2.05. The van der Waals surface area contributed by atoms with E-state index in [1.165, 1.54) is 0 Å². The molecule has 0 atom stereocenters. The molecule has 0 unspecified atom stereocenters. The lowest BCUT2D eigenvalue weighted by atomic mass is 10.1. The molecule has 2 aromatic carbocycles. The maximum atomic E-state index is 12.2. The van der Waals surface area contributed by atoms with E-state index in [9.17, 15) is 4.79 Å². The van der Waals surface area contributed by atoms with Gasteiger partial charge in [0.25, 0.3) is 0 Å². The van der Waals surface area contributed by atoms with Gasteiger partial charge >= 0.3 is 5.97 Å². The van der Waals surface area contributed by atoms with Gasteiger partial charge in [-0.25, -0.2) is 4.79 Å². The van der Waals surface area contributed by atoms with Crippen molar-refractivity contribution in [3.63, 3.8) is 0 Å². The zero-order chi connectivity index (χ0) is 15.4. The van der Waals surface area contributed by atoms with E-state index in [2.05, 4.69) is 10.3 Å². The molecule has 1 aliphatic rings. The fraction of sp³-hybridized carbons (Fsp3) is 0.222. The number of anilines is 1. The van der Waals surface area contributed by atoms with Crippen LogP contribution in [-0.4, -0.2) is 18.3 Å². The van der Waals surface area contributed by atoms with Crippen molar-refractivity contribution >= 4 is 17.5 Å². The largest absolute Gasteiger partial charge is 0.423 e. The average molecular weight is 294 g/mol. The van der Waals surface area contributed by atoms with Gasteiger partial charge < -0.3 is 10.1 Å². The third-order valence-corrected chi connectivity index (χ3v) is 3.65. The monoisotopic (exact) mass is 294 g/mol. The number of aliphatic imine (C=N–C) groups is 1. The normalized spacial score (nSPS) is 13.6. The Labute approximate surface area is 129 Å². The first-order chi connectivity index (χ1) is 10.7. The quantitative estimate of drug-likeness (QED) is 0.691. The first-order valence-corrected chi connectivity index (χ1v) is 7.41. The summed E-state index contributed by atoms with van der Waals surface area (Å²) in [4.78, 5) is 16.6. The predicted molar refractivity (Wildman–Crippen MR) is 87.7 cm³/mol. The minimum Gasteiger partial charge on any atom is -0.423 e. The van der Waals surface area contributed by atoms with Crippen molar-refractivity contribution in [1.29, 1.82) is 0 Å². The molecule has 2 aromatic rings. The van der Waals surface area contributed by atoms with E-state index in [1.807, 2.05) is 37.3 Å². The molecule has 0 saturated carbocycles. The second-order valence-electron chi connectivity index (χ2n) is 5.24. The maximum absolute atomic E-state index is 12.2. The first-order valence-electron chi connectivity index (χ1n) is 7.41. The molecule has 1 N–H and O–H groups in total. The van der Waals surface area contributed by atoms with Crippen molar-refractivity contribution in [3.8, 4) is 5.75 Å². The van der Waals surface area contributed by atoms with E-state index in [0.717, 1.165) is 36.5 Å². The summed E-state index contributed by atoms with van der Waals surface area (Å²) in [6, 6.07) is 14.6. The summed E-state index contributed by atoms with van der Waals surface area (Å²) in [5, 5.41) is 3.32. The molecule has 1 heterocycles. The molecule has 0 aliphatic carbocycles. The lowest BCUT2D eigenvalue weighted by Gasteiger charge is -2.13. The van der Waals surface area contributed by atoms with Crippen LogP contribution in [0.3, 0.4) is 0 Å². The van der Waals surface area contributed by atoms with E-state index in [1.54, 1.807) is 18.2 Å². The van der Waals surface area contributed by atoms with E-state index in [0.29, 0.717) is 11.3 Å². The molecule has 0 bridgehead atoms. The molecule has 3 rings (SSSR count). The van der Waals surface area contributed by atoms with Gasteiger partial charge in [-0.3, -0.25) is 4.99 Å². The number of amidine groups is 1. The van der Waals surface area contributed by atoms with Crippen molar-refractivity contribution in [2.45, 2.75) is 19.8 Å². The highest BCUT2D eigenvalue weighted by molar-refractivity contribution is 5.97. The first kappa shape index (κ1) is 14.3. The smallest absolute Gasteiger partial charge is 0.343 e. The van der Waals surface area contributed by atoms with E-state index >= 15 is 0 Å². The van der Waals surface area contributed by atoms with Crippen molar-refractivity contribution in [1.82, 2.24) is 0 Å². The molecular weight excluding hydrogens is 276 g/mol. The summed E-state index contributed by atoms with van der Waals surface area (Å²) in [5.41, 5.74) is 2.38. The van der Waals surface area contributed by atoms with E-state index < -0.39 is 0 Å². The topological polar surface area (TPSA) is 50.7 Å². The molecule has 0 aromatic heterocycles. The van der Waals surface area contributed by atoms with Gasteiger partial charge in [-0.15, -0.1) is 0 Å². The number of hydrogen-bond acceptors (Lipinski definition) is 4. The lowest BCUT2D eigenvalue weighted by Crippen LogP contribution is -2.12. The van der Waals surface area contributed by atoms with Gasteiger partial charge in [0.2, 0.25) is 0 Å². The van der Waals surface area contributed by atoms with Crippen LogP contribution in [0.4, 0.5) is 5.69 Å². The van der Waals surface area contributed by atoms with Crippen molar-refractivity contribution in [3.05, 3.63) is 59.7 Å². The number of carbonyl (C=O) groups excluding carboxylic acids is 1. The molecule has 0 radical (unpaired) electrons. The molecular formula is C18H18N2O2. The predicted octanol–water partition coefficient (Wildman–Crippen LogP) is 3.82. The number of rotatable bonds is 3. The number of nitrogens with zero attached hydrogens (tertiary/aromatic N) is 1. The van der Waals surface area contributed by atoms with Crippen molar-refractivity contribution in [2.75, 3.05) is 11.9 Å². The fourth-order valence-corrected chi connectivity index (χ4v) is 2.39. The molecule has 112 valence electrons. The highest BCUT2D eigenvalue weighted by atomic mass is 16.5. The number of benzene rings is 2. The number of ether oxygens (including phenoxy) is 1. The van der Waals surface area contributed by atoms with Crippen LogP contribution in [0.5, 0.6) is 5.75 Å². The molecule has 0 fully saturated rings. The highest BCUT2D eigenvalue weighted by Crippen LogP contribution is 2.27. The van der Waals surface area contributed by atoms with Gasteiger partial charge in [0, 0.05) is 24.2 Å². The SMILES string of the molecule is Cc1c(NC2=NCCC2)cccc1OC(=O)c1ccccc1. The Kier molecular flexibility index (Phi) is 4.19. The van der Waals surface area contributed by atoms with Crippen LogP contribution in [-0.2, 0) is 0 Å². The number of carbonyl (C=O) groups is 1. The van der Waals surface area contributed by atoms with Gasteiger partial charge in [-0.2, -0.15) is 0 Å². The van der Waals surface area contributed by atoms with E-state index in [4.69, 9.17) is 4.74 Å². The Morgan fingerprint density at radius 2 is 1.95 bits per heavy atom. The van der Waals surface area contributed by atoms with Gasteiger partial charge in [0.15, 0.2) is 0 Å². The third-order valence-electron chi connectivity index (χ3n) is 3.65. The van der Waals surface area contributed by atoms with Gasteiger partial charge in [0.1, 0.15) is 11.6 Å². The molecule has 0 amide bonds. The standard InChI is InChI=1S/C18H18N2O2/c1-13-15(20-17-11-6-12-19-17)9-5-10-16(13)22-18(21)14-7-3-2-4-8-14/h2-5,7-10H,6,11-12H2,1H3,(H,19,20). The van der Waals surface area contributed by atoms with E-state index in [-0.39, 0.29) is 5.97 Å². The number of esters is 1. The minimum absolute atomic E-state index is 0.348. The second kappa shape index (κ2) is 6.43. The number of nitrogens with one attached hydrogen (secondary N) is 1. The lowest BCUT2D eigenvalue weighted by molar-refractivity contribution is 0.0733. The summed E-state index contributed by atoms with van der Waals surface area (Å²) >= 11 is 0. The average Bonchev–Trinajstić information content (AvgIpc) is 3.05. The van der Waals surface area contributed by atoms with Crippen LogP contribution in [0.1, 0.15) is 28.8 Å². The van der Waals surface area contributed by atoms with Crippen LogP contribution in [0.15, 0.2) is 53.5 Å². The molecule has 0 spiro atoms. The molecule has 22 heavy (non-hydrogen) atoms. The fourth-order valence-electron chi connectivity index (χ4n) is 2.39. The molecule has 0 saturated heterocycles.